The Hall–Kier alpha value is -3.71. The van der Waals surface area contributed by atoms with Gasteiger partial charge in [-0.2, -0.15) is 0 Å². The van der Waals surface area contributed by atoms with Gasteiger partial charge >= 0.3 is 0 Å². The van der Waals surface area contributed by atoms with E-state index in [2.05, 4.69) is 20.3 Å². The minimum absolute atomic E-state index is 0.259. The van der Waals surface area contributed by atoms with Gasteiger partial charge in [0.05, 0.1) is 23.9 Å². The van der Waals surface area contributed by atoms with Crippen LogP contribution in [0.1, 0.15) is 10.4 Å². The highest BCUT2D eigenvalue weighted by Crippen LogP contribution is 2.31. The average Bonchev–Trinajstić information content (AvgIpc) is 2.75. The molecule has 0 aliphatic carbocycles. The lowest BCUT2D eigenvalue weighted by atomic mass is 10.1. The Bertz CT molecular complexity index is 1210. The molecule has 4 aromatic rings. The molecule has 1 amide bonds. The van der Waals surface area contributed by atoms with Crippen molar-refractivity contribution in [2.75, 3.05) is 12.4 Å². The van der Waals surface area contributed by atoms with E-state index in [0.717, 1.165) is 10.9 Å². The van der Waals surface area contributed by atoms with Crippen molar-refractivity contribution in [2.24, 2.45) is 5.73 Å². The van der Waals surface area contributed by atoms with Crippen molar-refractivity contribution in [1.82, 2.24) is 15.0 Å². The molecule has 0 bridgehead atoms. The molecule has 2 aromatic carbocycles. The van der Waals surface area contributed by atoms with E-state index in [0.29, 0.717) is 33.6 Å². The normalized spacial score (nSPS) is 10.7. The van der Waals surface area contributed by atoms with Crippen LogP contribution in [0.15, 0.2) is 60.9 Å². The van der Waals surface area contributed by atoms with E-state index in [-0.39, 0.29) is 5.56 Å². The van der Waals surface area contributed by atoms with Gasteiger partial charge in [-0.15, -0.1) is 0 Å². The number of rotatable bonds is 5. The molecule has 0 radical (unpaired) electrons. The van der Waals surface area contributed by atoms with Crippen LogP contribution >= 0.6 is 11.6 Å². The molecule has 0 saturated carbocycles. The second kappa shape index (κ2) is 7.73. The highest BCUT2D eigenvalue weighted by Gasteiger charge is 2.15. The maximum absolute atomic E-state index is 11.9. The summed E-state index contributed by atoms with van der Waals surface area (Å²) in [5.74, 6) is 1.05. The fourth-order valence-electron chi connectivity index (χ4n) is 2.91. The van der Waals surface area contributed by atoms with Gasteiger partial charge in [-0.1, -0.05) is 11.6 Å². The Balaban J connectivity index is 1.91. The fourth-order valence-corrected chi connectivity index (χ4v) is 3.08. The first-order valence-corrected chi connectivity index (χ1v) is 9.05. The van der Waals surface area contributed by atoms with E-state index in [1.54, 1.807) is 31.6 Å². The SMILES string of the molecule is COc1ccc2nc(-c3cccnc3)nc(Nc3ccc(Cl)cc3C(N)=O)c2c1. The van der Waals surface area contributed by atoms with Gasteiger partial charge in [0, 0.05) is 28.4 Å². The number of carbonyl (C=O) groups is 1. The molecule has 0 unspecified atom stereocenters. The molecule has 0 aliphatic rings. The number of amides is 1. The van der Waals surface area contributed by atoms with Crippen LogP contribution < -0.4 is 15.8 Å². The number of ether oxygens (including phenoxy) is 1. The molecule has 29 heavy (non-hydrogen) atoms. The van der Waals surface area contributed by atoms with Crippen molar-refractivity contribution in [3.05, 3.63) is 71.5 Å². The number of primary amides is 1. The number of hydrogen-bond donors (Lipinski definition) is 2. The van der Waals surface area contributed by atoms with Crippen molar-refractivity contribution in [3.63, 3.8) is 0 Å². The molecule has 7 nitrogen and oxygen atoms in total. The van der Waals surface area contributed by atoms with E-state index in [1.165, 1.54) is 6.07 Å². The number of methoxy groups -OCH3 is 1. The standard InChI is InChI=1S/C21H16ClN5O2/c1-29-14-5-7-18-16(10-14)21(27-20(25-18)12-3-2-8-24-11-12)26-17-6-4-13(22)9-15(17)19(23)28/h2-11H,1H3,(H2,23,28)(H,25,26,27). The Kier molecular flexibility index (Phi) is 4.97. The molecule has 8 heteroatoms. The van der Waals surface area contributed by atoms with Crippen LogP contribution in [-0.2, 0) is 0 Å². The minimum Gasteiger partial charge on any atom is -0.497 e. The summed E-state index contributed by atoms with van der Waals surface area (Å²) in [7, 11) is 1.59. The number of aromatic nitrogens is 3. The quantitative estimate of drug-likeness (QED) is 0.516. The van der Waals surface area contributed by atoms with Gasteiger partial charge < -0.3 is 15.8 Å². The number of benzene rings is 2. The zero-order chi connectivity index (χ0) is 20.4. The first kappa shape index (κ1) is 18.6. The zero-order valence-corrected chi connectivity index (χ0v) is 16.1. The Labute approximate surface area is 171 Å². The third-order valence-corrected chi connectivity index (χ3v) is 4.56. The maximum Gasteiger partial charge on any atom is 0.250 e. The summed E-state index contributed by atoms with van der Waals surface area (Å²) in [5, 5.41) is 4.34. The van der Waals surface area contributed by atoms with Gasteiger partial charge in [0.2, 0.25) is 0 Å². The molecule has 0 atom stereocenters. The van der Waals surface area contributed by atoms with Crippen LogP contribution in [0.5, 0.6) is 5.75 Å². The van der Waals surface area contributed by atoms with E-state index >= 15 is 0 Å². The highest BCUT2D eigenvalue weighted by atomic mass is 35.5. The molecular formula is C21H16ClN5O2. The monoisotopic (exact) mass is 405 g/mol. The summed E-state index contributed by atoms with van der Waals surface area (Å²) in [5.41, 5.74) is 7.73. The van der Waals surface area contributed by atoms with E-state index in [1.807, 2.05) is 30.3 Å². The minimum atomic E-state index is -0.599. The number of hydrogen-bond acceptors (Lipinski definition) is 6. The Morgan fingerprint density at radius 3 is 2.72 bits per heavy atom. The van der Waals surface area contributed by atoms with Crippen LogP contribution in [0.25, 0.3) is 22.3 Å². The summed E-state index contributed by atoms with van der Waals surface area (Å²) in [6.45, 7) is 0. The Morgan fingerprint density at radius 2 is 2.00 bits per heavy atom. The summed E-state index contributed by atoms with van der Waals surface area (Å²) in [6.07, 6.45) is 3.37. The van der Waals surface area contributed by atoms with Gasteiger partial charge in [0.25, 0.3) is 5.91 Å². The number of nitrogens with two attached hydrogens (primary N) is 1. The molecule has 3 N–H and O–H groups in total. The van der Waals surface area contributed by atoms with E-state index in [4.69, 9.17) is 22.1 Å². The van der Waals surface area contributed by atoms with Gasteiger partial charge in [-0.25, -0.2) is 9.97 Å². The van der Waals surface area contributed by atoms with Crippen LogP contribution in [-0.4, -0.2) is 28.0 Å². The molecule has 0 saturated heterocycles. The summed E-state index contributed by atoms with van der Waals surface area (Å²) in [6, 6.07) is 14.0. The predicted octanol–water partition coefficient (Wildman–Crippen LogP) is 4.20. The molecule has 2 heterocycles. The molecule has 144 valence electrons. The van der Waals surface area contributed by atoms with Crippen molar-refractivity contribution < 1.29 is 9.53 Å². The second-order valence-electron chi connectivity index (χ2n) is 6.20. The fraction of sp³-hybridized carbons (Fsp3) is 0.0476. The van der Waals surface area contributed by atoms with Crippen molar-refractivity contribution in [2.45, 2.75) is 0 Å². The zero-order valence-electron chi connectivity index (χ0n) is 15.4. The number of pyridine rings is 1. The number of nitrogens with zero attached hydrogens (tertiary/aromatic N) is 3. The third-order valence-electron chi connectivity index (χ3n) is 4.32. The van der Waals surface area contributed by atoms with Crippen LogP contribution in [0.2, 0.25) is 5.02 Å². The molecule has 0 spiro atoms. The smallest absolute Gasteiger partial charge is 0.250 e. The van der Waals surface area contributed by atoms with Crippen molar-refractivity contribution in [3.8, 4) is 17.1 Å². The lowest BCUT2D eigenvalue weighted by Crippen LogP contribution is -2.13. The topological polar surface area (TPSA) is 103 Å². The summed E-state index contributed by atoms with van der Waals surface area (Å²) in [4.78, 5) is 25.3. The molecular weight excluding hydrogens is 390 g/mol. The van der Waals surface area contributed by atoms with Gasteiger partial charge in [0.1, 0.15) is 11.6 Å². The average molecular weight is 406 g/mol. The maximum atomic E-state index is 11.9. The highest BCUT2D eigenvalue weighted by molar-refractivity contribution is 6.31. The number of anilines is 2. The number of halogens is 1. The van der Waals surface area contributed by atoms with E-state index < -0.39 is 5.91 Å². The van der Waals surface area contributed by atoms with Gasteiger partial charge in [-0.05, 0) is 48.5 Å². The first-order chi connectivity index (χ1) is 14.0. The predicted molar refractivity (Wildman–Crippen MR) is 113 cm³/mol. The van der Waals surface area contributed by atoms with E-state index in [9.17, 15) is 4.79 Å². The number of fused-ring (bicyclic) bond motifs is 1. The van der Waals surface area contributed by atoms with Crippen molar-refractivity contribution in [1.29, 1.82) is 0 Å². The summed E-state index contributed by atoms with van der Waals surface area (Å²) < 4.78 is 5.34. The van der Waals surface area contributed by atoms with Crippen LogP contribution in [0, 0.1) is 0 Å². The lowest BCUT2D eigenvalue weighted by Gasteiger charge is -2.14. The molecule has 4 rings (SSSR count). The van der Waals surface area contributed by atoms with Gasteiger partial charge in [-0.3, -0.25) is 9.78 Å². The lowest BCUT2D eigenvalue weighted by molar-refractivity contribution is 0.100. The first-order valence-electron chi connectivity index (χ1n) is 8.68. The molecule has 0 fully saturated rings. The summed E-state index contributed by atoms with van der Waals surface area (Å²) >= 11 is 6.02. The van der Waals surface area contributed by atoms with Crippen LogP contribution in [0.4, 0.5) is 11.5 Å². The van der Waals surface area contributed by atoms with Gasteiger partial charge in [0.15, 0.2) is 5.82 Å². The third kappa shape index (κ3) is 3.81. The van der Waals surface area contributed by atoms with Crippen LogP contribution in [0.3, 0.4) is 0 Å². The number of nitrogens with one attached hydrogen (secondary N) is 1. The largest absolute Gasteiger partial charge is 0.497 e. The molecule has 2 aromatic heterocycles. The molecule has 0 aliphatic heterocycles. The van der Waals surface area contributed by atoms with Crippen molar-refractivity contribution >= 4 is 39.9 Å². The Morgan fingerprint density at radius 1 is 1.14 bits per heavy atom. The number of carbonyl (C=O) groups excluding carboxylic acids is 1. The second-order valence-corrected chi connectivity index (χ2v) is 6.64.